The van der Waals surface area contributed by atoms with Crippen LogP contribution in [-0.4, -0.2) is 0 Å². The SMILES string of the molecule is c1cc2ccc3ccc(-c4ccc(-c5ccc6ccc7c(-c8ccc9c(c8)c8ccccc8c8cc%10c(cc98)oc8ccccc8%10)ccc8ccc5c6c87)cc4)c4ccc(c1)c2c34. The monoisotopic (exact) mass is 794 g/mol. The van der Waals surface area contributed by atoms with Crippen LogP contribution in [0.15, 0.2) is 211 Å². The van der Waals surface area contributed by atoms with Gasteiger partial charge in [0.25, 0.3) is 0 Å². The third-order valence-corrected chi connectivity index (χ3v) is 14.3. The van der Waals surface area contributed by atoms with Crippen LogP contribution in [0, 0.1) is 0 Å². The summed E-state index contributed by atoms with van der Waals surface area (Å²) in [4.78, 5) is 0. The predicted molar refractivity (Wildman–Crippen MR) is 270 cm³/mol. The summed E-state index contributed by atoms with van der Waals surface area (Å²) in [6, 6.07) is 77.0. The zero-order valence-electron chi connectivity index (χ0n) is 34.0. The highest BCUT2D eigenvalue weighted by Crippen LogP contribution is 2.46. The van der Waals surface area contributed by atoms with Crippen LogP contribution in [0.25, 0.3) is 152 Å². The van der Waals surface area contributed by atoms with Gasteiger partial charge in [0.15, 0.2) is 0 Å². The lowest BCUT2D eigenvalue weighted by molar-refractivity contribution is 0.669. The molecule has 0 saturated heterocycles. The number of rotatable bonds is 3. The van der Waals surface area contributed by atoms with Gasteiger partial charge in [-0.25, -0.2) is 0 Å². The van der Waals surface area contributed by atoms with Crippen LogP contribution < -0.4 is 0 Å². The molecule has 0 saturated carbocycles. The topological polar surface area (TPSA) is 13.1 Å². The van der Waals surface area contributed by atoms with Gasteiger partial charge in [0.05, 0.1) is 0 Å². The van der Waals surface area contributed by atoms with Crippen molar-refractivity contribution in [2.24, 2.45) is 0 Å². The third-order valence-electron chi connectivity index (χ3n) is 14.3. The van der Waals surface area contributed by atoms with E-state index in [0.717, 1.165) is 21.9 Å². The van der Waals surface area contributed by atoms with Crippen molar-refractivity contribution in [2.75, 3.05) is 0 Å². The molecule has 1 heterocycles. The van der Waals surface area contributed by atoms with Gasteiger partial charge in [-0.2, -0.15) is 0 Å². The molecule has 0 unspecified atom stereocenters. The highest BCUT2D eigenvalue weighted by molar-refractivity contribution is 6.31. The number of para-hydroxylation sites is 1. The van der Waals surface area contributed by atoms with Crippen LogP contribution in [0.5, 0.6) is 0 Å². The zero-order valence-corrected chi connectivity index (χ0v) is 34.0. The first kappa shape index (κ1) is 33.5. The maximum absolute atomic E-state index is 6.41. The van der Waals surface area contributed by atoms with Crippen molar-refractivity contribution in [3.63, 3.8) is 0 Å². The number of furan rings is 1. The fourth-order valence-electron chi connectivity index (χ4n) is 11.5. The molecule has 0 bridgehead atoms. The molecular formula is C62H34O. The van der Waals surface area contributed by atoms with Crippen molar-refractivity contribution in [1.82, 2.24) is 0 Å². The number of fused-ring (bicyclic) bond motifs is 9. The van der Waals surface area contributed by atoms with Gasteiger partial charge in [-0.15, -0.1) is 0 Å². The lowest BCUT2D eigenvalue weighted by Crippen LogP contribution is -1.90. The van der Waals surface area contributed by atoms with Gasteiger partial charge in [-0.05, 0) is 155 Å². The lowest BCUT2D eigenvalue weighted by Gasteiger charge is -2.17. The van der Waals surface area contributed by atoms with Crippen molar-refractivity contribution < 1.29 is 4.42 Å². The summed E-state index contributed by atoms with van der Waals surface area (Å²) in [7, 11) is 0. The molecule has 0 aliphatic heterocycles. The van der Waals surface area contributed by atoms with Crippen molar-refractivity contribution in [3.05, 3.63) is 206 Å². The van der Waals surface area contributed by atoms with Gasteiger partial charge in [0.1, 0.15) is 11.2 Å². The van der Waals surface area contributed by atoms with E-state index in [2.05, 4.69) is 200 Å². The zero-order chi connectivity index (χ0) is 40.9. The van der Waals surface area contributed by atoms with Crippen LogP contribution in [0.3, 0.4) is 0 Å². The van der Waals surface area contributed by atoms with Gasteiger partial charge in [0, 0.05) is 10.8 Å². The minimum Gasteiger partial charge on any atom is -0.456 e. The second-order valence-corrected chi connectivity index (χ2v) is 17.5. The van der Waals surface area contributed by atoms with Gasteiger partial charge >= 0.3 is 0 Å². The second-order valence-electron chi connectivity index (χ2n) is 17.5. The molecule has 288 valence electrons. The standard InChI is InChI=1S/C62H34O/c1-2-9-47-46(8-1)53-32-42(24-28-48(53)55-34-58-56(33-54(47)55)49-10-3-4-11-57(49)63-58)45-27-20-41-22-30-51-44(26-19-40-23-31-52(45)62(41)61(40)51)36-14-12-35(13-15-36)43-25-18-39-17-16-37-6-5-7-38-21-29-50(43)60(39)59(37)38/h1-34H. The summed E-state index contributed by atoms with van der Waals surface area (Å²) in [6.07, 6.45) is 0. The third kappa shape index (κ3) is 4.55. The number of hydrogen-bond acceptors (Lipinski definition) is 1. The van der Waals surface area contributed by atoms with E-state index in [9.17, 15) is 0 Å². The van der Waals surface area contributed by atoms with Gasteiger partial charge in [-0.1, -0.05) is 182 Å². The molecular weight excluding hydrogens is 761 g/mol. The number of benzene rings is 14. The van der Waals surface area contributed by atoms with Crippen molar-refractivity contribution in [3.8, 4) is 33.4 Å². The molecule has 0 spiro atoms. The molecule has 1 aromatic heterocycles. The van der Waals surface area contributed by atoms with Crippen LogP contribution in [0.4, 0.5) is 0 Å². The largest absolute Gasteiger partial charge is 0.456 e. The maximum Gasteiger partial charge on any atom is 0.136 e. The Labute approximate surface area is 361 Å². The highest BCUT2D eigenvalue weighted by Gasteiger charge is 2.19. The molecule has 1 nitrogen and oxygen atoms in total. The molecule has 0 aliphatic carbocycles. The predicted octanol–water partition coefficient (Wildman–Crippen LogP) is 17.8. The van der Waals surface area contributed by atoms with E-state index < -0.39 is 0 Å². The molecule has 1 heteroatoms. The summed E-state index contributed by atoms with van der Waals surface area (Å²) < 4.78 is 6.41. The molecule has 0 atom stereocenters. The van der Waals surface area contributed by atoms with Crippen LogP contribution >= 0.6 is 0 Å². The Balaban J connectivity index is 0.881. The van der Waals surface area contributed by atoms with Crippen molar-refractivity contribution >= 4 is 119 Å². The fraction of sp³-hybridized carbons (Fsp3) is 0. The summed E-state index contributed by atoms with van der Waals surface area (Å²) >= 11 is 0. The molecule has 15 aromatic rings. The van der Waals surface area contributed by atoms with Gasteiger partial charge in [-0.3, -0.25) is 0 Å². The van der Waals surface area contributed by atoms with Crippen molar-refractivity contribution in [1.29, 1.82) is 0 Å². The molecule has 0 aliphatic rings. The van der Waals surface area contributed by atoms with E-state index in [4.69, 9.17) is 4.42 Å². The van der Waals surface area contributed by atoms with E-state index in [0.29, 0.717) is 0 Å². The second kappa shape index (κ2) is 12.2. The van der Waals surface area contributed by atoms with Gasteiger partial charge < -0.3 is 4.42 Å². The average Bonchev–Trinajstić information content (AvgIpc) is 3.72. The van der Waals surface area contributed by atoms with E-state index in [1.807, 2.05) is 6.07 Å². The molecule has 63 heavy (non-hydrogen) atoms. The van der Waals surface area contributed by atoms with Crippen LogP contribution in [0.1, 0.15) is 0 Å². The summed E-state index contributed by atoms with van der Waals surface area (Å²) in [5.41, 5.74) is 9.31. The molecule has 0 radical (unpaired) electrons. The van der Waals surface area contributed by atoms with E-state index in [1.54, 1.807) is 0 Å². The number of hydrogen-bond donors (Lipinski definition) is 0. The summed E-state index contributed by atoms with van der Waals surface area (Å²) in [5.74, 6) is 0. The Morgan fingerprint density at radius 3 is 1.22 bits per heavy atom. The molecule has 14 aromatic carbocycles. The Morgan fingerprint density at radius 1 is 0.206 bits per heavy atom. The van der Waals surface area contributed by atoms with E-state index in [-0.39, 0.29) is 0 Å². The lowest BCUT2D eigenvalue weighted by atomic mass is 9.86. The van der Waals surface area contributed by atoms with Crippen molar-refractivity contribution in [2.45, 2.75) is 0 Å². The maximum atomic E-state index is 6.41. The first-order valence-corrected chi connectivity index (χ1v) is 21.9. The minimum atomic E-state index is 0.925. The molecule has 0 N–H and O–H groups in total. The first-order valence-electron chi connectivity index (χ1n) is 21.9. The van der Waals surface area contributed by atoms with E-state index >= 15 is 0 Å². The minimum absolute atomic E-state index is 0.925. The summed E-state index contributed by atoms with van der Waals surface area (Å²) in [5, 5.41) is 25.4. The highest BCUT2D eigenvalue weighted by atomic mass is 16.3. The normalized spacial score (nSPS) is 12.4. The Bertz CT molecular complexity index is 4400. The summed E-state index contributed by atoms with van der Waals surface area (Å²) in [6.45, 7) is 0. The fourth-order valence-corrected chi connectivity index (χ4v) is 11.5. The smallest absolute Gasteiger partial charge is 0.136 e. The Morgan fingerprint density at radius 2 is 0.619 bits per heavy atom. The average molecular weight is 795 g/mol. The Kier molecular flexibility index (Phi) is 6.47. The first-order chi connectivity index (χ1) is 31.2. The molecule has 0 fully saturated rings. The van der Waals surface area contributed by atoms with Crippen LogP contribution in [-0.2, 0) is 0 Å². The molecule has 0 amide bonds. The van der Waals surface area contributed by atoms with Crippen LogP contribution in [0.2, 0.25) is 0 Å². The van der Waals surface area contributed by atoms with E-state index in [1.165, 1.54) is 130 Å². The molecule has 15 rings (SSSR count). The quantitative estimate of drug-likeness (QED) is 0.162. The Hall–Kier alpha value is -8.26. The van der Waals surface area contributed by atoms with Gasteiger partial charge in [0.2, 0.25) is 0 Å².